The number of benzene rings is 1. The number of imidazole rings is 1. The van der Waals surface area contributed by atoms with Crippen LogP contribution < -0.4 is 5.32 Å². The molecule has 0 bridgehead atoms. The number of hydrogen-bond acceptors (Lipinski definition) is 3. The Balaban J connectivity index is 1.75. The lowest BCUT2D eigenvalue weighted by Crippen LogP contribution is -2.24. The SMILES string of the molecule is Cc1ccc(C)c(NC(=O)C(C)Sc2nc(C)c(C)n2C2CCCCC2)c1. The summed E-state index contributed by atoms with van der Waals surface area (Å²) < 4.78 is 2.39. The molecule has 5 heteroatoms. The Labute approximate surface area is 167 Å². The van der Waals surface area contributed by atoms with E-state index in [-0.39, 0.29) is 11.2 Å². The van der Waals surface area contributed by atoms with E-state index < -0.39 is 0 Å². The molecule has 0 saturated heterocycles. The third-order valence-corrected chi connectivity index (χ3v) is 6.66. The van der Waals surface area contributed by atoms with Gasteiger partial charge in [-0.1, -0.05) is 43.2 Å². The molecule has 1 aromatic carbocycles. The highest BCUT2D eigenvalue weighted by atomic mass is 32.2. The van der Waals surface area contributed by atoms with Gasteiger partial charge in [0.05, 0.1) is 10.9 Å². The molecule has 1 fully saturated rings. The topological polar surface area (TPSA) is 46.9 Å². The van der Waals surface area contributed by atoms with Crippen LogP contribution in [0.1, 0.15) is 67.6 Å². The zero-order chi connectivity index (χ0) is 19.6. The minimum atomic E-state index is -0.201. The maximum Gasteiger partial charge on any atom is 0.237 e. The van der Waals surface area contributed by atoms with Crippen LogP contribution in [-0.4, -0.2) is 20.7 Å². The second-order valence-corrected chi connectivity index (χ2v) is 9.10. The van der Waals surface area contributed by atoms with E-state index in [1.165, 1.54) is 37.8 Å². The summed E-state index contributed by atoms with van der Waals surface area (Å²) in [7, 11) is 0. The summed E-state index contributed by atoms with van der Waals surface area (Å²) in [6, 6.07) is 6.67. The zero-order valence-corrected chi connectivity index (χ0v) is 17.9. The van der Waals surface area contributed by atoms with Crippen molar-refractivity contribution in [2.75, 3.05) is 5.32 Å². The summed E-state index contributed by atoms with van der Waals surface area (Å²) in [6.07, 6.45) is 6.34. The quantitative estimate of drug-likeness (QED) is 0.668. The molecule has 1 N–H and O–H groups in total. The van der Waals surface area contributed by atoms with Gasteiger partial charge in [-0.25, -0.2) is 4.98 Å². The third-order valence-electron chi connectivity index (χ3n) is 5.60. The van der Waals surface area contributed by atoms with Crippen LogP contribution in [0.3, 0.4) is 0 Å². The number of nitrogens with zero attached hydrogens (tertiary/aromatic N) is 2. The van der Waals surface area contributed by atoms with Gasteiger partial charge in [0, 0.05) is 17.4 Å². The maximum atomic E-state index is 12.8. The fourth-order valence-corrected chi connectivity index (χ4v) is 4.84. The van der Waals surface area contributed by atoms with Crippen LogP contribution in [0.25, 0.3) is 0 Å². The number of rotatable bonds is 5. The number of carbonyl (C=O) groups excluding carboxylic acids is 1. The molecule has 146 valence electrons. The molecule has 2 aromatic rings. The van der Waals surface area contributed by atoms with Crippen molar-refractivity contribution in [3.8, 4) is 0 Å². The Morgan fingerprint density at radius 3 is 2.59 bits per heavy atom. The van der Waals surface area contributed by atoms with Gasteiger partial charge in [0.15, 0.2) is 5.16 Å². The fourth-order valence-electron chi connectivity index (χ4n) is 3.76. The largest absolute Gasteiger partial charge is 0.325 e. The lowest BCUT2D eigenvalue weighted by Gasteiger charge is -2.26. The van der Waals surface area contributed by atoms with Gasteiger partial charge >= 0.3 is 0 Å². The van der Waals surface area contributed by atoms with Crippen LogP contribution in [0.5, 0.6) is 0 Å². The Morgan fingerprint density at radius 1 is 1.19 bits per heavy atom. The Bertz CT molecular complexity index is 821. The number of hydrogen-bond donors (Lipinski definition) is 1. The molecule has 0 radical (unpaired) electrons. The Kier molecular flexibility index (Phi) is 6.30. The zero-order valence-electron chi connectivity index (χ0n) is 17.1. The molecule has 1 aliphatic rings. The summed E-state index contributed by atoms with van der Waals surface area (Å²) in [5.41, 5.74) is 5.45. The fraction of sp³-hybridized carbons (Fsp3) is 0.545. The molecule has 1 saturated carbocycles. The van der Waals surface area contributed by atoms with Crippen LogP contribution in [0.15, 0.2) is 23.4 Å². The van der Waals surface area contributed by atoms with Crippen molar-refractivity contribution in [2.45, 2.75) is 83.2 Å². The lowest BCUT2D eigenvalue weighted by molar-refractivity contribution is -0.115. The van der Waals surface area contributed by atoms with Crippen LogP contribution in [-0.2, 0) is 4.79 Å². The van der Waals surface area contributed by atoms with Gasteiger partial charge in [-0.3, -0.25) is 4.79 Å². The van der Waals surface area contributed by atoms with Gasteiger partial charge in [0.2, 0.25) is 5.91 Å². The first-order chi connectivity index (χ1) is 12.9. The number of amides is 1. The monoisotopic (exact) mass is 385 g/mol. The normalized spacial score (nSPS) is 16.3. The predicted octanol–water partition coefficient (Wildman–Crippen LogP) is 5.74. The highest BCUT2D eigenvalue weighted by molar-refractivity contribution is 8.00. The number of anilines is 1. The molecule has 1 aliphatic carbocycles. The van der Waals surface area contributed by atoms with Gasteiger partial charge in [0.1, 0.15) is 0 Å². The van der Waals surface area contributed by atoms with Crippen LogP contribution in [0, 0.1) is 27.7 Å². The molecule has 1 amide bonds. The van der Waals surface area contributed by atoms with Crippen molar-refractivity contribution in [2.24, 2.45) is 0 Å². The first-order valence-electron chi connectivity index (χ1n) is 9.97. The van der Waals surface area contributed by atoms with Crippen molar-refractivity contribution in [1.29, 1.82) is 0 Å². The van der Waals surface area contributed by atoms with Crippen LogP contribution in [0.4, 0.5) is 5.69 Å². The first-order valence-corrected chi connectivity index (χ1v) is 10.8. The average Bonchev–Trinajstić information content (AvgIpc) is 2.92. The van der Waals surface area contributed by atoms with E-state index in [2.05, 4.69) is 29.8 Å². The second-order valence-electron chi connectivity index (χ2n) is 7.79. The number of carbonyl (C=O) groups is 1. The van der Waals surface area contributed by atoms with E-state index in [4.69, 9.17) is 4.98 Å². The smallest absolute Gasteiger partial charge is 0.237 e. The van der Waals surface area contributed by atoms with E-state index in [0.29, 0.717) is 6.04 Å². The molecular weight excluding hydrogens is 354 g/mol. The number of thioether (sulfide) groups is 1. The summed E-state index contributed by atoms with van der Waals surface area (Å²) in [5.74, 6) is 0.0298. The summed E-state index contributed by atoms with van der Waals surface area (Å²) in [4.78, 5) is 17.6. The Hall–Kier alpha value is -1.75. The van der Waals surface area contributed by atoms with E-state index >= 15 is 0 Å². The molecule has 1 unspecified atom stereocenters. The molecule has 0 spiro atoms. The minimum Gasteiger partial charge on any atom is -0.325 e. The third kappa shape index (κ3) is 4.57. The molecule has 27 heavy (non-hydrogen) atoms. The van der Waals surface area contributed by atoms with E-state index in [1.54, 1.807) is 11.8 Å². The average molecular weight is 386 g/mol. The molecule has 1 heterocycles. The number of aromatic nitrogens is 2. The highest BCUT2D eigenvalue weighted by Gasteiger charge is 2.25. The summed E-state index contributed by atoms with van der Waals surface area (Å²) >= 11 is 1.58. The van der Waals surface area contributed by atoms with Gasteiger partial charge < -0.3 is 9.88 Å². The van der Waals surface area contributed by atoms with Crippen molar-refractivity contribution < 1.29 is 4.79 Å². The van der Waals surface area contributed by atoms with Gasteiger partial charge in [-0.2, -0.15) is 0 Å². The van der Waals surface area contributed by atoms with E-state index in [0.717, 1.165) is 27.7 Å². The lowest BCUT2D eigenvalue weighted by atomic mass is 9.95. The first kappa shape index (κ1) is 20.0. The molecule has 4 nitrogen and oxygen atoms in total. The molecule has 1 aromatic heterocycles. The second kappa shape index (κ2) is 8.51. The standard InChI is InChI=1S/C22H31N3OS/c1-14-11-12-15(2)20(13-14)24-21(26)18(5)27-22-23-16(3)17(4)25(22)19-9-7-6-8-10-19/h11-13,18-19H,6-10H2,1-5H3,(H,24,26). The molecule has 0 aliphatic heterocycles. The number of nitrogens with one attached hydrogen (secondary N) is 1. The van der Waals surface area contributed by atoms with Gasteiger partial charge in [0.25, 0.3) is 0 Å². The maximum absolute atomic E-state index is 12.8. The van der Waals surface area contributed by atoms with Crippen LogP contribution in [0.2, 0.25) is 0 Å². The van der Waals surface area contributed by atoms with Gasteiger partial charge in [-0.05, 0) is 64.7 Å². The summed E-state index contributed by atoms with van der Waals surface area (Å²) in [6.45, 7) is 10.3. The number of aryl methyl sites for hydroxylation is 3. The molecule has 1 atom stereocenters. The van der Waals surface area contributed by atoms with E-state index in [1.807, 2.05) is 32.9 Å². The minimum absolute atomic E-state index is 0.0298. The van der Waals surface area contributed by atoms with Crippen LogP contribution >= 0.6 is 11.8 Å². The summed E-state index contributed by atoms with van der Waals surface area (Å²) in [5, 5.41) is 3.88. The molecule has 3 rings (SSSR count). The molecular formula is C22H31N3OS. The van der Waals surface area contributed by atoms with E-state index in [9.17, 15) is 4.79 Å². The Morgan fingerprint density at radius 2 is 1.89 bits per heavy atom. The van der Waals surface area contributed by atoms with Crippen molar-refractivity contribution in [3.63, 3.8) is 0 Å². The van der Waals surface area contributed by atoms with Crippen molar-refractivity contribution in [1.82, 2.24) is 9.55 Å². The van der Waals surface area contributed by atoms with Crippen molar-refractivity contribution >= 4 is 23.4 Å². The van der Waals surface area contributed by atoms with Gasteiger partial charge in [-0.15, -0.1) is 0 Å². The highest BCUT2D eigenvalue weighted by Crippen LogP contribution is 2.35. The van der Waals surface area contributed by atoms with Crippen molar-refractivity contribution in [3.05, 3.63) is 40.7 Å². The predicted molar refractivity (Wildman–Crippen MR) is 114 cm³/mol.